The molecule has 16 heavy (non-hydrogen) atoms. The van der Waals surface area contributed by atoms with Crippen LogP contribution in [-0.4, -0.2) is 23.0 Å². The second-order valence-electron chi connectivity index (χ2n) is 3.45. The Bertz CT molecular complexity index is 406. The molecule has 1 amide bonds. The van der Waals surface area contributed by atoms with Crippen LogP contribution in [0.4, 0.5) is 0 Å². The molecule has 86 valence electrons. The topological polar surface area (TPSA) is 66.4 Å². The number of hydrogen-bond donors (Lipinski definition) is 2. The van der Waals surface area contributed by atoms with E-state index in [9.17, 15) is 9.59 Å². The van der Waals surface area contributed by atoms with E-state index in [4.69, 9.17) is 16.7 Å². The van der Waals surface area contributed by atoms with Gasteiger partial charge in [0.15, 0.2) is 0 Å². The molecule has 0 heterocycles. The lowest BCUT2D eigenvalue weighted by atomic mass is 10.2. The number of carbonyl (C=O) groups is 2. The Hall–Kier alpha value is -1.55. The molecule has 1 aromatic rings. The highest BCUT2D eigenvalue weighted by Gasteiger charge is 2.14. The third-order valence-corrected chi connectivity index (χ3v) is 2.31. The number of amides is 1. The fraction of sp³-hybridized carbons (Fsp3) is 0.273. The highest BCUT2D eigenvalue weighted by molar-refractivity contribution is 6.33. The second-order valence-corrected chi connectivity index (χ2v) is 3.86. The molecule has 0 aromatic heterocycles. The summed E-state index contributed by atoms with van der Waals surface area (Å²) in [5.74, 6) is -1.31. The molecule has 1 rings (SSSR count). The van der Waals surface area contributed by atoms with Crippen LogP contribution >= 0.6 is 11.6 Å². The smallest absolute Gasteiger partial charge is 0.305 e. The Balaban J connectivity index is 2.66. The molecule has 1 atom stereocenters. The van der Waals surface area contributed by atoms with Gasteiger partial charge < -0.3 is 10.4 Å². The third kappa shape index (κ3) is 3.55. The predicted octanol–water partition coefficient (Wildman–Crippen LogP) is 1.93. The number of aliphatic carboxylic acids is 1. The maximum Gasteiger partial charge on any atom is 0.305 e. The number of halogens is 1. The highest BCUT2D eigenvalue weighted by atomic mass is 35.5. The van der Waals surface area contributed by atoms with Gasteiger partial charge in [0, 0.05) is 6.04 Å². The largest absolute Gasteiger partial charge is 0.481 e. The summed E-state index contributed by atoms with van der Waals surface area (Å²) < 4.78 is 0. The van der Waals surface area contributed by atoms with Gasteiger partial charge in [0.05, 0.1) is 17.0 Å². The van der Waals surface area contributed by atoms with Gasteiger partial charge in [0.2, 0.25) is 0 Å². The minimum atomic E-state index is -0.952. The molecule has 1 unspecified atom stereocenters. The molecule has 5 heteroatoms. The summed E-state index contributed by atoms with van der Waals surface area (Å²) in [6.07, 6.45) is -0.115. The van der Waals surface area contributed by atoms with Gasteiger partial charge in [0.1, 0.15) is 0 Å². The van der Waals surface area contributed by atoms with Crippen LogP contribution in [0, 0.1) is 0 Å². The van der Waals surface area contributed by atoms with Gasteiger partial charge in [-0.3, -0.25) is 9.59 Å². The van der Waals surface area contributed by atoms with E-state index in [1.807, 2.05) is 0 Å². The van der Waals surface area contributed by atoms with Crippen molar-refractivity contribution in [1.29, 1.82) is 0 Å². The molecule has 0 saturated heterocycles. The lowest BCUT2D eigenvalue weighted by Crippen LogP contribution is -2.34. The van der Waals surface area contributed by atoms with Gasteiger partial charge in [-0.25, -0.2) is 0 Å². The molecule has 0 bridgehead atoms. The monoisotopic (exact) mass is 241 g/mol. The normalized spacial score (nSPS) is 11.9. The van der Waals surface area contributed by atoms with E-state index in [0.717, 1.165) is 0 Å². The maximum atomic E-state index is 11.7. The summed E-state index contributed by atoms with van der Waals surface area (Å²) in [6.45, 7) is 1.63. The zero-order valence-electron chi connectivity index (χ0n) is 8.74. The maximum absolute atomic E-state index is 11.7. The molecule has 0 spiro atoms. The first kappa shape index (κ1) is 12.5. The molecule has 0 aliphatic heterocycles. The summed E-state index contributed by atoms with van der Waals surface area (Å²) in [7, 11) is 0. The highest BCUT2D eigenvalue weighted by Crippen LogP contribution is 2.14. The SMILES string of the molecule is CC(CC(=O)O)NC(=O)c1ccccc1Cl. The first-order chi connectivity index (χ1) is 7.50. The van der Waals surface area contributed by atoms with Crippen molar-refractivity contribution in [2.75, 3.05) is 0 Å². The van der Waals surface area contributed by atoms with E-state index in [1.165, 1.54) is 0 Å². The summed E-state index contributed by atoms with van der Waals surface area (Å²) in [5.41, 5.74) is 0.349. The number of carboxylic acids is 1. The quantitative estimate of drug-likeness (QED) is 0.847. The number of benzene rings is 1. The summed E-state index contributed by atoms with van der Waals surface area (Å²) in [6, 6.07) is 6.19. The Morgan fingerprint density at radius 1 is 1.44 bits per heavy atom. The van der Waals surface area contributed by atoms with Crippen LogP contribution in [0.25, 0.3) is 0 Å². The standard InChI is InChI=1S/C11H12ClNO3/c1-7(6-10(14)15)13-11(16)8-4-2-3-5-9(8)12/h2-5,7H,6H2,1H3,(H,13,16)(H,14,15). The van der Waals surface area contributed by atoms with Crippen molar-refractivity contribution in [2.24, 2.45) is 0 Å². The van der Waals surface area contributed by atoms with Crippen molar-refractivity contribution in [3.05, 3.63) is 34.9 Å². The summed E-state index contributed by atoms with van der Waals surface area (Å²) in [4.78, 5) is 22.1. The molecule has 0 aliphatic rings. The van der Waals surface area contributed by atoms with Gasteiger partial charge in [-0.05, 0) is 19.1 Å². The fourth-order valence-corrected chi connectivity index (χ4v) is 1.48. The van der Waals surface area contributed by atoms with Crippen LogP contribution in [0.2, 0.25) is 5.02 Å². The van der Waals surface area contributed by atoms with Crippen molar-refractivity contribution in [3.63, 3.8) is 0 Å². The summed E-state index contributed by atoms with van der Waals surface area (Å²) in [5, 5.41) is 11.5. The van der Waals surface area contributed by atoms with Crippen LogP contribution in [0.5, 0.6) is 0 Å². The van der Waals surface area contributed by atoms with Crippen LogP contribution in [-0.2, 0) is 4.79 Å². The average molecular weight is 242 g/mol. The summed E-state index contributed by atoms with van der Waals surface area (Å²) >= 11 is 5.83. The van der Waals surface area contributed by atoms with Gasteiger partial charge in [-0.2, -0.15) is 0 Å². The van der Waals surface area contributed by atoms with E-state index >= 15 is 0 Å². The number of nitrogens with one attached hydrogen (secondary N) is 1. The van der Waals surface area contributed by atoms with Crippen LogP contribution in [0.3, 0.4) is 0 Å². The van der Waals surface area contributed by atoms with Crippen molar-refractivity contribution in [3.8, 4) is 0 Å². The molecule has 2 N–H and O–H groups in total. The first-order valence-corrected chi connectivity index (χ1v) is 5.15. The first-order valence-electron chi connectivity index (χ1n) is 4.78. The van der Waals surface area contributed by atoms with E-state index < -0.39 is 12.0 Å². The Kier molecular flexibility index (Phi) is 4.31. The lowest BCUT2D eigenvalue weighted by Gasteiger charge is -2.12. The third-order valence-electron chi connectivity index (χ3n) is 1.98. The molecule has 0 saturated carbocycles. The molecule has 0 fully saturated rings. The predicted molar refractivity (Wildman–Crippen MR) is 60.6 cm³/mol. The molecule has 1 aromatic carbocycles. The number of hydrogen-bond acceptors (Lipinski definition) is 2. The minimum absolute atomic E-state index is 0.115. The van der Waals surface area contributed by atoms with Crippen molar-refractivity contribution in [2.45, 2.75) is 19.4 Å². The molecule has 4 nitrogen and oxygen atoms in total. The number of rotatable bonds is 4. The lowest BCUT2D eigenvalue weighted by molar-refractivity contribution is -0.137. The van der Waals surface area contributed by atoms with Gasteiger partial charge in [0.25, 0.3) is 5.91 Å². The van der Waals surface area contributed by atoms with Crippen LogP contribution < -0.4 is 5.32 Å². The molecule has 0 radical (unpaired) electrons. The zero-order chi connectivity index (χ0) is 12.1. The number of carboxylic acid groups (broad SMARTS) is 1. The van der Waals surface area contributed by atoms with E-state index in [-0.39, 0.29) is 12.3 Å². The van der Waals surface area contributed by atoms with Crippen LogP contribution in [0.15, 0.2) is 24.3 Å². The van der Waals surface area contributed by atoms with Gasteiger partial charge in [-0.15, -0.1) is 0 Å². The van der Waals surface area contributed by atoms with Gasteiger partial charge >= 0.3 is 5.97 Å². The average Bonchev–Trinajstić information content (AvgIpc) is 2.16. The van der Waals surface area contributed by atoms with E-state index in [1.54, 1.807) is 31.2 Å². The van der Waals surface area contributed by atoms with Crippen molar-refractivity contribution >= 4 is 23.5 Å². The molecule has 0 aliphatic carbocycles. The Morgan fingerprint density at radius 2 is 2.06 bits per heavy atom. The number of carbonyl (C=O) groups excluding carboxylic acids is 1. The molecular weight excluding hydrogens is 230 g/mol. The Morgan fingerprint density at radius 3 is 2.62 bits per heavy atom. The van der Waals surface area contributed by atoms with Crippen molar-refractivity contribution < 1.29 is 14.7 Å². The minimum Gasteiger partial charge on any atom is -0.481 e. The zero-order valence-corrected chi connectivity index (χ0v) is 9.49. The van der Waals surface area contributed by atoms with Crippen molar-refractivity contribution in [1.82, 2.24) is 5.32 Å². The Labute approximate surface area is 98.2 Å². The van der Waals surface area contributed by atoms with E-state index in [0.29, 0.717) is 10.6 Å². The fourth-order valence-electron chi connectivity index (χ4n) is 1.26. The second kappa shape index (κ2) is 5.51. The van der Waals surface area contributed by atoms with Crippen LogP contribution in [0.1, 0.15) is 23.7 Å². The molecular formula is C11H12ClNO3. The van der Waals surface area contributed by atoms with E-state index in [2.05, 4.69) is 5.32 Å². The van der Waals surface area contributed by atoms with Gasteiger partial charge in [-0.1, -0.05) is 23.7 Å².